The predicted molar refractivity (Wildman–Crippen MR) is 73.7 cm³/mol. The Labute approximate surface area is 119 Å². The molecule has 20 heavy (non-hydrogen) atoms. The van der Waals surface area contributed by atoms with Gasteiger partial charge in [-0.2, -0.15) is 0 Å². The van der Waals surface area contributed by atoms with E-state index in [1.165, 1.54) is 0 Å². The highest BCUT2D eigenvalue weighted by molar-refractivity contribution is 5.78. The van der Waals surface area contributed by atoms with Crippen LogP contribution < -0.4 is 5.73 Å². The number of quaternary nitrogens is 1. The van der Waals surface area contributed by atoms with Crippen molar-refractivity contribution >= 4 is 11.9 Å². The van der Waals surface area contributed by atoms with Crippen molar-refractivity contribution in [3.8, 4) is 0 Å². The summed E-state index contributed by atoms with van der Waals surface area (Å²) in [7, 11) is 0. The van der Waals surface area contributed by atoms with Crippen LogP contribution in [0.2, 0.25) is 0 Å². The van der Waals surface area contributed by atoms with Crippen LogP contribution >= 0.6 is 0 Å². The molecule has 2 unspecified atom stereocenters. The minimum absolute atomic E-state index is 0.116. The Morgan fingerprint density at radius 2 is 1.70 bits per heavy atom. The van der Waals surface area contributed by atoms with Crippen molar-refractivity contribution in [1.29, 1.82) is 0 Å². The molecule has 0 amide bonds. The van der Waals surface area contributed by atoms with Gasteiger partial charge in [-0.25, -0.2) is 4.79 Å². The van der Waals surface area contributed by atoms with Crippen LogP contribution in [0.5, 0.6) is 0 Å². The summed E-state index contributed by atoms with van der Waals surface area (Å²) in [5.41, 5.74) is 4.75. The number of hydrogen-bond donors (Lipinski definition) is 1. The number of hydrogen-bond acceptors (Lipinski definition) is 4. The second-order valence-corrected chi connectivity index (χ2v) is 4.38. The lowest BCUT2D eigenvalue weighted by molar-refractivity contribution is -0.414. The molecule has 0 bridgehead atoms. The summed E-state index contributed by atoms with van der Waals surface area (Å²) < 4.78 is 9.96. The smallest absolute Gasteiger partial charge is 0.365 e. The van der Waals surface area contributed by atoms with Crippen LogP contribution in [-0.4, -0.2) is 31.2 Å². The number of carbonyl (C=O) groups excluding carboxylic acids is 2. The lowest BCUT2D eigenvalue weighted by Gasteiger charge is -2.19. The average molecular weight is 280 g/mol. The zero-order valence-electron chi connectivity index (χ0n) is 12.0. The minimum Gasteiger partial charge on any atom is -0.466 e. The standard InChI is InChI=1S/C15H21NO4/c1-3-19-13(17)10-12(11-8-6-5-7-9-11)14(16)15(18)20-4-2/h5-9,12,14H,3-4,10,16H2,1-2H3/p+1. The third-order valence-corrected chi connectivity index (χ3v) is 2.99. The van der Waals surface area contributed by atoms with Crippen LogP contribution in [0.3, 0.4) is 0 Å². The van der Waals surface area contributed by atoms with Gasteiger partial charge in [-0.1, -0.05) is 30.3 Å². The van der Waals surface area contributed by atoms with Crippen molar-refractivity contribution < 1.29 is 24.8 Å². The summed E-state index contributed by atoms with van der Waals surface area (Å²) in [5.74, 6) is -1.07. The van der Waals surface area contributed by atoms with Crippen molar-refractivity contribution in [2.75, 3.05) is 13.2 Å². The molecule has 5 nitrogen and oxygen atoms in total. The van der Waals surface area contributed by atoms with Crippen LogP contribution in [0.4, 0.5) is 0 Å². The normalized spacial score (nSPS) is 13.3. The van der Waals surface area contributed by atoms with E-state index in [4.69, 9.17) is 9.47 Å². The second-order valence-electron chi connectivity index (χ2n) is 4.38. The molecule has 5 heteroatoms. The van der Waals surface area contributed by atoms with Gasteiger partial charge in [0.25, 0.3) is 0 Å². The molecule has 0 radical (unpaired) electrons. The van der Waals surface area contributed by atoms with Crippen molar-refractivity contribution in [3.05, 3.63) is 35.9 Å². The molecule has 0 spiro atoms. The highest BCUT2D eigenvalue weighted by atomic mass is 16.5. The number of benzene rings is 1. The van der Waals surface area contributed by atoms with Crippen LogP contribution in [-0.2, 0) is 19.1 Å². The fourth-order valence-electron chi connectivity index (χ4n) is 2.01. The Kier molecular flexibility index (Phi) is 6.73. The van der Waals surface area contributed by atoms with Gasteiger partial charge in [-0.15, -0.1) is 0 Å². The van der Waals surface area contributed by atoms with Gasteiger partial charge in [0.05, 0.1) is 25.6 Å². The van der Waals surface area contributed by atoms with E-state index in [2.05, 4.69) is 5.73 Å². The van der Waals surface area contributed by atoms with Gasteiger partial charge in [0, 0.05) is 0 Å². The Bertz CT molecular complexity index is 433. The molecule has 1 aromatic rings. The summed E-state index contributed by atoms with van der Waals surface area (Å²) >= 11 is 0. The van der Waals surface area contributed by atoms with E-state index >= 15 is 0 Å². The van der Waals surface area contributed by atoms with E-state index < -0.39 is 12.0 Å². The van der Waals surface area contributed by atoms with Crippen molar-refractivity contribution in [3.63, 3.8) is 0 Å². The molecule has 0 fully saturated rings. The van der Waals surface area contributed by atoms with Crippen molar-refractivity contribution in [2.45, 2.75) is 32.2 Å². The second kappa shape index (κ2) is 8.32. The summed E-state index contributed by atoms with van der Waals surface area (Å²) in [5, 5.41) is 0. The average Bonchev–Trinajstić information content (AvgIpc) is 2.45. The number of esters is 2. The van der Waals surface area contributed by atoms with Crippen LogP contribution in [0.15, 0.2) is 30.3 Å². The summed E-state index contributed by atoms with van der Waals surface area (Å²) in [6.45, 7) is 4.11. The first-order valence-electron chi connectivity index (χ1n) is 6.80. The van der Waals surface area contributed by atoms with E-state index in [1.807, 2.05) is 30.3 Å². The van der Waals surface area contributed by atoms with E-state index in [-0.39, 0.29) is 18.3 Å². The fourth-order valence-corrected chi connectivity index (χ4v) is 2.01. The quantitative estimate of drug-likeness (QED) is 0.752. The number of carbonyl (C=O) groups is 2. The van der Waals surface area contributed by atoms with E-state index in [0.717, 1.165) is 5.56 Å². The first-order chi connectivity index (χ1) is 9.60. The Morgan fingerprint density at radius 1 is 1.10 bits per heavy atom. The van der Waals surface area contributed by atoms with E-state index in [1.54, 1.807) is 13.8 Å². The maximum absolute atomic E-state index is 11.9. The predicted octanol–water partition coefficient (Wildman–Crippen LogP) is 0.897. The van der Waals surface area contributed by atoms with Gasteiger partial charge in [0.15, 0.2) is 6.04 Å². The monoisotopic (exact) mass is 280 g/mol. The van der Waals surface area contributed by atoms with Gasteiger partial charge in [0.2, 0.25) is 0 Å². The molecule has 0 heterocycles. The van der Waals surface area contributed by atoms with Gasteiger partial charge < -0.3 is 15.2 Å². The van der Waals surface area contributed by atoms with Gasteiger partial charge >= 0.3 is 11.9 Å². The molecule has 0 aliphatic heterocycles. The molecule has 0 aromatic heterocycles. The number of ether oxygens (including phenoxy) is 2. The van der Waals surface area contributed by atoms with E-state index in [0.29, 0.717) is 13.2 Å². The third kappa shape index (κ3) is 4.66. The molecular formula is C15H22NO4+. The van der Waals surface area contributed by atoms with Crippen LogP contribution in [0, 0.1) is 0 Å². The van der Waals surface area contributed by atoms with Crippen molar-refractivity contribution in [1.82, 2.24) is 0 Å². The lowest BCUT2D eigenvalue weighted by atomic mass is 9.89. The molecule has 0 aliphatic rings. The first kappa shape index (κ1) is 16.2. The van der Waals surface area contributed by atoms with Gasteiger partial charge in [0.1, 0.15) is 0 Å². The van der Waals surface area contributed by atoms with Gasteiger partial charge in [-0.05, 0) is 19.4 Å². The molecule has 0 aliphatic carbocycles. The molecule has 1 aromatic carbocycles. The van der Waals surface area contributed by atoms with Crippen molar-refractivity contribution in [2.24, 2.45) is 0 Å². The zero-order valence-corrected chi connectivity index (χ0v) is 12.0. The molecule has 110 valence electrons. The molecule has 1 rings (SSSR count). The largest absolute Gasteiger partial charge is 0.466 e. The highest BCUT2D eigenvalue weighted by Crippen LogP contribution is 2.23. The Morgan fingerprint density at radius 3 is 2.25 bits per heavy atom. The zero-order chi connectivity index (χ0) is 15.0. The Balaban J connectivity index is 2.89. The number of rotatable bonds is 7. The molecule has 2 atom stereocenters. The SMILES string of the molecule is CCOC(=O)CC(c1ccccc1)C([NH3+])C(=O)OCC. The molecule has 0 saturated carbocycles. The topological polar surface area (TPSA) is 80.2 Å². The van der Waals surface area contributed by atoms with E-state index in [9.17, 15) is 9.59 Å². The fraction of sp³-hybridized carbons (Fsp3) is 0.467. The van der Waals surface area contributed by atoms with Gasteiger partial charge in [-0.3, -0.25) is 4.79 Å². The highest BCUT2D eigenvalue weighted by Gasteiger charge is 2.33. The summed E-state index contributed by atoms with van der Waals surface area (Å²) in [4.78, 5) is 23.6. The maximum Gasteiger partial charge on any atom is 0.365 e. The molecule has 0 saturated heterocycles. The van der Waals surface area contributed by atoms with Crippen LogP contribution in [0.25, 0.3) is 0 Å². The first-order valence-corrected chi connectivity index (χ1v) is 6.80. The Hall–Kier alpha value is -1.88. The summed E-state index contributed by atoms with van der Waals surface area (Å²) in [6, 6.07) is 8.73. The molecule has 3 N–H and O–H groups in total. The lowest BCUT2D eigenvalue weighted by Crippen LogP contribution is -2.68. The van der Waals surface area contributed by atoms with Crippen LogP contribution in [0.1, 0.15) is 31.7 Å². The maximum atomic E-state index is 11.9. The third-order valence-electron chi connectivity index (χ3n) is 2.99. The summed E-state index contributed by atoms with van der Waals surface area (Å²) in [6.07, 6.45) is 0.116. The minimum atomic E-state index is -0.637. The molecular weight excluding hydrogens is 258 g/mol.